The van der Waals surface area contributed by atoms with Gasteiger partial charge in [-0.15, -0.1) is 0 Å². The summed E-state index contributed by atoms with van der Waals surface area (Å²) < 4.78 is 13.2. The Hall–Kier alpha value is -2.25. The van der Waals surface area contributed by atoms with Crippen LogP contribution in [0.4, 0.5) is 4.39 Å². The van der Waals surface area contributed by atoms with Crippen molar-refractivity contribution in [1.29, 1.82) is 5.26 Å². The van der Waals surface area contributed by atoms with Crippen LogP contribution < -0.4 is 5.73 Å². The third-order valence-electron chi connectivity index (χ3n) is 2.47. The van der Waals surface area contributed by atoms with Crippen LogP contribution in [-0.2, 0) is 6.54 Å². The lowest BCUT2D eigenvalue weighted by molar-refractivity contribution is 0.627. The van der Waals surface area contributed by atoms with Gasteiger partial charge in [0.15, 0.2) is 0 Å². The molecule has 0 aliphatic rings. The smallest absolute Gasteiger partial charge is 0.123 e. The summed E-state index contributed by atoms with van der Waals surface area (Å²) in [6.07, 6.45) is 3.06. The highest BCUT2D eigenvalue weighted by atomic mass is 19.1. The summed E-state index contributed by atoms with van der Waals surface area (Å²) in [5.74, 6) is -0.334. The molecule has 0 spiro atoms. The molecule has 0 unspecified atom stereocenters. The van der Waals surface area contributed by atoms with Gasteiger partial charge in [0.05, 0.1) is 5.56 Å². The van der Waals surface area contributed by atoms with Crippen LogP contribution in [-0.4, -0.2) is 4.98 Å². The maximum absolute atomic E-state index is 13.2. The molecule has 3 nitrogen and oxygen atoms in total. The van der Waals surface area contributed by atoms with Crippen molar-refractivity contribution in [2.45, 2.75) is 6.54 Å². The van der Waals surface area contributed by atoms with E-state index in [1.807, 2.05) is 6.07 Å². The first-order valence-corrected chi connectivity index (χ1v) is 5.08. The number of aromatic nitrogens is 1. The van der Waals surface area contributed by atoms with Gasteiger partial charge >= 0.3 is 0 Å². The second-order valence-corrected chi connectivity index (χ2v) is 3.58. The molecule has 4 heteroatoms. The van der Waals surface area contributed by atoms with Crippen molar-refractivity contribution in [3.05, 3.63) is 53.6 Å². The van der Waals surface area contributed by atoms with Crippen molar-refractivity contribution < 1.29 is 4.39 Å². The SMILES string of the molecule is N#Cc1cncc(-c2cc(F)ccc2CN)c1. The first kappa shape index (κ1) is 11.2. The van der Waals surface area contributed by atoms with E-state index in [0.29, 0.717) is 23.2 Å². The lowest BCUT2D eigenvalue weighted by Crippen LogP contribution is -1.99. The molecule has 0 atom stereocenters. The zero-order valence-electron chi connectivity index (χ0n) is 9.02. The number of halogens is 1. The van der Waals surface area contributed by atoms with E-state index in [1.165, 1.54) is 18.3 Å². The number of pyridine rings is 1. The Morgan fingerprint density at radius 3 is 2.82 bits per heavy atom. The first-order chi connectivity index (χ1) is 8.24. The second kappa shape index (κ2) is 4.73. The molecule has 1 aromatic heterocycles. The van der Waals surface area contributed by atoms with Gasteiger partial charge in [0, 0.05) is 24.5 Å². The monoisotopic (exact) mass is 227 g/mol. The molecule has 0 aliphatic heterocycles. The van der Waals surface area contributed by atoms with Gasteiger partial charge < -0.3 is 5.73 Å². The average Bonchev–Trinajstić information content (AvgIpc) is 2.39. The molecule has 0 bridgehead atoms. The number of hydrogen-bond acceptors (Lipinski definition) is 3. The van der Waals surface area contributed by atoms with Gasteiger partial charge in [-0.25, -0.2) is 4.39 Å². The summed E-state index contributed by atoms with van der Waals surface area (Å²) in [4.78, 5) is 3.95. The van der Waals surface area contributed by atoms with Crippen molar-refractivity contribution in [2.75, 3.05) is 0 Å². The van der Waals surface area contributed by atoms with Gasteiger partial charge in [-0.2, -0.15) is 5.26 Å². The van der Waals surface area contributed by atoms with E-state index in [9.17, 15) is 4.39 Å². The van der Waals surface area contributed by atoms with E-state index in [-0.39, 0.29) is 5.82 Å². The van der Waals surface area contributed by atoms with Crippen LogP contribution in [0.25, 0.3) is 11.1 Å². The molecule has 0 radical (unpaired) electrons. The molecule has 0 saturated carbocycles. The Bertz CT molecular complexity index is 587. The molecule has 0 aliphatic carbocycles. The van der Waals surface area contributed by atoms with Crippen LogP contribution >= 0.6 is 0 Å². The lowest BCUT2D eigenvalue weighted by atomic mass is 10.00. The molecule has 2 N–H and O–H groups in total. The predicted octanol–water partition coefficient (Wildman–Crippen LogP) is 2.22. The van der Waals surface area contributed by atoms with Crippen molar-refractivity contribution in [3.63, 3.8) is 0 Å². The molecule has 0 saturated heterocycles. The van der Waals surface area contributed by atoms with Crippen LogP contribution in [0.5, 0.6) is 0 Å². The molecular formula is C13H10FN3. The number of rotatable bonds is 2. The summed E-state index contributed by atoms with van der Waals surface area (Å²) in [5.41, 5.74) is 8.24. The number of hydrogen-bond donors (Lipinski definition) is 1. The maximum Gasteiger partial charge on any atom is 0.123 e. The van der Waals surface area contributed by atoms with Gasteiger partial charge in [-0.3, -0.25) is 4.98 Å². The van der Waals surface area contributed by atoms with Crippen LogP contribution in [0.2, 0.25) is 0 Å². The van der Waals surface area contributed by atoms with Crippen molar-refractivity contribution in [3.8, 4) is 17.2 Å². The van der Waals surface area contributed by atoms with Crippen LogP contribution in [0.15, 0.2) is 36.7 Å². The third kappa shape index (κ3) is 2.30. The average molecular weight is 227 g/mol. The molecule has 0 amide bonds. The number of nitrogens with zero attached hydrogens (tertiary/aromatic N) is 2. The number of nitriles is 1. The normalized spacial score (nSPS) is 9.94. The quantitative estimate of drug-likeness (QED) is 0.855. The predicted molar refractivity (Wildman–Crippen MR) is 62.2 cm³/mol. The minimum Gasteiger partial charge on any atom is -0.326 e. The Morgan fingerprint density at radius 1 is 1.29 bits per heavy atom. The van der Waals surface area contributed by atoms with Gasteiger partial charge in [0.1, 0.15) is 11.9 Å². The molecular weight excluding hydrogens is 217 g/mol. The molecule has 0 fully saturated rings. The molecule has 17 heavy (non-hydrogen) atoms. The maximum atomic E-state index is 13.2. The molecule has 1 aromatic carbocycles. The van der Waals surface area contributed by atoms with E-state index in [1.54, 1.807) is 18.3 Å². The van der Waals surface area contributed by atoms with Crippen LogP contribution in [0, 0.1) is 17.1 Å². The van der Waals surface area contributed by atoms with E-state index in [2.05, 4.69) is 4.98 Å². The highest BCUT2D eigenvalue weighted by Gasteiger charge is 2.06. The molecule has 84 valence electrons. The summed E-state index contributed by atoms with van der Waals surface area (Å²) >= 11 is 0. The Kier molecular flexibility index (Phi) is 3.12. The zero-order valence-corrected chi connectivity index (χ0v) is 9.02. The largest absolute Gasteiger partial charge is 0.326 e. The van der Waals surface area contributed by atoms with Gasteiger partial charge in [-0.05, 0) is 29.3 Å². The fourth-order valence-electron chi connectivity index (χ4n) is 1.64. The minimum absolute atomic E-state index is 0.312. The first-order valence-electron chi connectivity index (χ1n) is 5.08. The summed E-state index contributed by atoms with van der Waals surface area (Å²) in [6, 6.07) is 8.08. The Labute approximate surface area is 98.3 Å². The standard InChI is InChI=1S/C13H10FN3/c14-12-2-1-10(6-16)13(4-12)11-3-9(5-15)7-17-8-11/h1-4,7-8H,6,16H2. The molecule has 1 heterocycles. The number of nitrogens with two attached hydrogens (primary N) is 1. The summed E-state index contributed by atoms with van der Waals surface area (Å²) in [7, 11) is 0. The third-order valence-corrected chi connectivity index (χ3v) is 2.47. The van der Waals surface area contributed by atoms with Crippen LogP contribution in [0.1, 0.15) is 11.1 Å². The minimum atomic E-state index is -0.334. The highest BCUT2D eigenvalue weighted by Crippen LogP contribution is 2.24. The van der Waals surface area contributed by atoms with E-state index < -0.39 is 0 Å². The Morgan fingerprint density at radius 2 is 2.12 bits per heavy atom. The van der Waals surface area contributed by atoms with E-state index >= 15 is 0 Å². The molecule has 2 rings (SSSR count). The second-order valence-electron chi connectivity index (χ2n) is 3.58. The van der Waals surface area contributed by atoms with Gasteiger partial charge in [0.2, 0.25) is 0 Å². The lowest BCUT2D eigenvalue weighted by Gasteiger charge is -2.07. The van der Waals surface area contributed by atoms with Crippen molar-refractivity contribution in [2.24, 2.45) is 5.73 Å². The summed E-state index contributed by atoms with van der Waals surface area (Å²) in [6.45, 7) is 0.312. The fraction of sp³-hybridized carbons (Fsp3) is 0.0769. The summed E-state index contributed by atoms with van der Waals surface area (Å²) in [5, 5.41) is 8.80. The molecule has 2 aromatic rings. The van der Waals surface area contributed by atoms with E-state index in [4.69, 9.17) is 11.0 Å². The van der Waals surface area contributed by atoms with E-state index in [0.717, 1.165) is 5.56 Å². The highest BCUT2D eigenvalue weighted by molar-refractivity contribution is 5.67. The zero-order chi connectivity index (χ0) is 12.3. The van der Waals surface area contributed by atoms with Crippen LogP contribution in [0.3, 0.4) is 0 Å². The topological polar surface area (TPSA) is 62.7 Å². The number of benzene rings is 1. The fourth-order valence-corrected chi connectivity index (χ4v) is 1.64. The van der Waals surface area contributed by atoms with Gasteiger partial charge in [-0.1, -0.05) is 6.07 Å². The van der Waals surface area contributed by atoms with Gasteiger partial charge in [0.25, 0.3) is 0 Å². The Balaban J connectivity index is 2.59. The van der Waals surface area contributed by atoms with Crippen molar-refractivity contribution >= 4 is 0 Å². The van der Waals surface area contributed by atoms with Crippen molar-refractivity contribution in [1.82, 2.24) is 4.98 Å².